The van der Waals surface area contributed by atoms with Gasteiger partial charge in [-0.05, 0) is 43.3 Å². The van der Waals surface area contributed by atoms with Crippen molar-refractivity contribution in [1.82, 2.24) is 0 Å². The van der Waals surface area contributed by atoms with Crippen LogP contribution in [0.3, 0.4) is 0 Å². The number of halogens is 1. The predicted molar refractivity (Wildman–Crippen MR) is 120 cm³/mol. The number of carbonyl (C=O) groups is 1. The van der Waals surface area contributed by atoms with E-state index >= 15 is 0 Å². The quantitative estimate of drug-likeness (QED) is 0.478. The van der Waals surface area contributed by atoms with E-state index in [1.54, 1.807) is 48.5 Å². The minimum atomic E-state index is -4.24. The first-order chi connectivity index (χ1) is 14.8. The molecule has 1 unspecified atom stereocenters. The van der Waals surface area contributed by atoms with Crippen LogP contribution in [0, 0.1) is 6.92 Å². The Morgan fingerprint density at radius 3 is 1.94 bits per heavy atom. The van der Waals surface area contributed by atoms with E-state index in [1.165, 1.54) is 38.5 Å². The maximum Gasteiger partial charge on any atom is 0.270 e. The molecule has 0 fully saturated rings. The van der Waals surface area contributed by atoms with E-state index in [4.69, 9.17) is 21.1 Å². The fourth-order valence-electron chi connectivity index (χ4n) is 3.12. The number of para-hydroxylation sites is 1. The summed E-state index contributed by atoms with van der Waals surface area (Å²) in [7, 11) is -1.37. The van der Waals surface area contributed by atoms with Gasteiger partial charge in [-0.15, -0.1) is 11.6 Å². The second-order valence-electron chi connectivity index (χ2n) is 6.70. The molecule has 0 aliphatic heterocycles. The largest absolute Gasteiger partial charge is 0.496 e. The smallest absolute Gasteiger partial charge is 0.270 e. The van der Waals surface area contributed by atoms with E-state index in [2.05, 4.69) is 0 Å². The summed E-state index contributed by atoms with van der Waals surface area (Å²) in [5.41, 5.74) is 1.32. The van der Waals surface area contributed by atoms with E-state index in [9.17, 15) is 13.2 Å². The molecule has 3 aromatic carbocycles. The summed E-state index contributed by atoms with van der Waals surface area (Å²) < 4.78 is 38.4. The molecule has 0 spiro atoms. The number of alkyl halides is 1. The number of sulfonamides is 1. The monoisotopic (exact) mass is 459 g/mol. The zero-order valence-corrected chi connectivity index (χ0v) is 18.9. The summed E-state index contributed by atoms with van der Waals surface area (Å²) in [5, 5.41) is -1.38. The highest BCUT2D eigenvalue weighted by atomic mass is 35.5. The molecule has 3 aromatic rings. The molecule has 1 amide bonds. The highest BCUT2D eigenvalue weighted by Gasteiger charge is 2.37. The Kier molecular flexibility index (Phi) is 6.87. The maximum atomic E-state index is 13.6. The number of hydrogen-bond donors (Lipinski definition) is 0. The summed E-state index contributed by atoms with van der Waals surface area (Å²) in [6, 6.07) is 19.3. The van der Waals surface area contributed by atoms with Crippen molar-refractivity contribution in [2.45, 2.75) is 17.2 Å². The fourth-order valence-corrected chi connectivity index (χ4v) is 4.92. The van der Waals surface area contributed by atoms with Crippen LogP contribution in [-0.4, -0.2) is 28.5 Å². The third-order valence-corrected chi connectivity index (χ3v) is 6.83. The number of carbonyl (C=O) groups excluding carboxylic acids is 1. The number of amides is 1. The molecule has 0 N–H and O–H groups in total. The molecule has 0 radical (unpaired) electrons. The molecule has 162 valence electrons. The Labute approximate surface area is 187 Å². The molecule has 0 heterocycles. The summed E-state index contributed by atoms with van der Waals surface area (Å²) >= 11 is 6.57. The average Bonchev–Trinajstić information content (AvgIpc) is 2.78. The lowest BCUT2D eigenvalue weighted by Crippen LogP contribution is -2.39. The number of benzene rings is 3. The normalized spacial score (nSPS) is 12.1. The van der Waals surface area contributed by atoms with Crippen molar-refractivity contribution in [3.63, 3.8) is 0 Å². The standard InChI is InChI=1S/C23H22ClNO5S/c1-16-12-14-18(15-13-16)31(27,28)25(17-8-5-4-6-9-17)23(26)22(24)21-19(29-2)10-7-11-20(21)30-3/h4-15,22H,1-3H3. The number of methoxy groups -OCH3 is 2. The van der Waals surface area contributed by atoms with Gasteiger partial charge in [0.2, 0.25) is 0 Å². The number of hydrogen-bond acceptors (Lipinski definition) is 5. The van der Waals surface area contributed by atoms with Crippen LogP contribution in [0.1, 0.15) is 16.5 Å². The van der Waals surface area contributed by atoms with Crippen molar-refractivity contribution in [3.8, 4) is 11.5 Å². The van der Waals surface area contributed by atoms with Gasteiger partial charge in [-0.3, -0.25) is 4.79 Å². The number of anilines is 1. The Balaban J connectivity index is 2.16. The van der Waals surface area contributed by atoms with Gasteiger partial charge < -0.3 is 9.47 Å². The lowest BCUT2D eigenvalue weighted by Gasteiger charge is -2.26. The van der Waals surface area contributed by atoms with Gasteiger partial charge in [0.15, 0.2) is 0 Å². The van der Waals surface area contributed by atoms with Crippen LogP contribution in [0.15, 0.2) is 77.7 Å². The summed E-state index contributed by atoms with van der Waals surface area (Å²) in [6.45, 7) is 1.85. The van der Waals surface area contributed by atoms with Gasteiger partial charge in [-0.25, -0.2) is 12.7 Å². The van der Waals surface area contributed by atoms with Crippen molar-refractivity contribution in [3.05, 3.63) is 83.9 Å². The number of nitrogens with zero attached hydrogens (tertiary/aromatic N) is 1. The van der Waals surface area contributed by atoms with Crippen molar-refractivity contribution in [2.75, 3.05) is 18.5 Å². The lowest BCUT2D eigenvalue weighted by atomic mass is 10.1. The zero-order valence-electron chi connectivity index (χ0n) is 17.3. The summed E-state index contributed by atoms with van der Waals surface area (Å²) in [6.07, 6.45) is 0. The third kappa shape index (κ3) is 4.52. The van der Waals surface area contributed by atoms with Gasteiger partial charge in [0.1, 0.15) is 16.9 Å². The molecule has 0 aliphatic rings. The number of ether oxygens (including phenoxy) is 2. The molecular formula is C23H22ClNO5S. The molecule has 0 aromatic heterocycles. The molecule has 0 aliphatic carbocycles. The van der Waals surface area contributed by atoms with Gasteiger partial charge in [-0.2, -0.15) is 0 Å². The molecule has 8 heteroatoms. The van der Waals surface area contributed by atoms with Crippen LogP contribution in [0.25, 0.3) is 0 Å². The maximum absolute atomic E-state index is 13.6. The van der Waals surface area contributed by atoms with E-state index in [0.29, 0.717) is 11.5 Å². The predicted octanol–water partition coefficient (Wildman–Crippen LogP) is 4.71. The summed E-state index contributed by atoms with van der Waals surface area (Å²) in [5.74, 6) is -0.224. The summed E-state index contributed by atoms with van der Waals surface area (Å²) in [4.78, 5) is 13.5. The van der Waals surface area contributed by atoms with Crippen LogP contribution in [0.4, 0.5) is 5.69 Å². The third-order valence-electron chi connectivity index (χ3n) is 4.69. The highest BCUT2D eigenvalue weighted by Crippen LogP contribution is 2.40. The van der Waals surface area contributed by atoms with Crippen LogP contribution in [0.2, 0.25) is 0 Å². The Morgan fingerprint density at radius 2 is 1.42 bits per heavy atom. The van der Waals surface area contributed by atoms with Gasteiger partial charge in [0, 0.05) is 0 Å². The molecule has 31 heavy (non-hydrogen) atoms. The number of aryl methyl sites for hydroxylation is 1. The van der Waals surface area contributed by atoms with Gasteiger partial charge >= 0.3 is 0 Å². The van der Waals surface area contributed by atoms with E-state index in [0.717, 1.165) is 9.87 Å². The zero-order chi connectivity index (χ0) is 22.6. The average molecular weight is 460 g/mol. The van der Waals surface area contributed by atoms with Gasteiger partial charge in [-0.1, -0.05) is 42.0 Å². The SMILES string of the molecule is COc1cccc(OC)c1C(Cl)C(=O)N(c1ccccc1)S(=O)(=O)c1ccc(C)cc1. The van der Waals surface area contributed by atoms with Crippen LogP contribution in [-0.2, 0) is 14.8 Å². The molecule has 1 atom stereocenters. The molecule has 0 saturated heterocycles. The van der Waals surface area contributed by atoms with Crippen molar-refractivity contribution in [1.29, 1.82) is 0 Å². The molecule has 6 nitrogen and oxygen atoms in total. The van der Waals surface area contributed by atoms with Crippen molar-refractivity contribution in [2.24, 2.45) is 0 Å². The first-order valence-electron chi connectivity index (χ1n) is 9.37. The molecule has 0 saturated carbocycles. The Bertz CT molecular complexity index is 1140. The van der Waals surface area contributed by atoms with Crippen LogP contribution in [0.5, 0.6) is 11.5 Å². The van der Waals surface area contributed by atoms with E-state index in [-0.39, 0.29) is 16.1 Å². The van der Waals surface area contributed by atoms with Gasteiger partial charge in [0.05, 0.1) is 30.4 Å². The van der Waals surface area contributed by atoms with Crippen molar-refractivity contribution < 1.29 is 22.7 Å². The molecule has 0 bridgehead atoms. The minimum absolute atomic E-state index is 0.0221. The minimum Gasteiger partial charge on any atom is -0.496 e. The lowest BCUT2D eigenvalue weighted by molar-refractivity contribution is -0.117. The first kappa shape index (κ1) is 22.7. The first-order valence-corrected chi connectivity index (χ1v) is 11.2. The second-order valence-corrected chi connectivity index (χ2v) is 8.92. The van der Waals surface area contributed by atoms with E-state index in [1.807, 2.05) is 6.92 Å². The molecule has 3 rings (SSSR count). The highest BCUT2D eigenvalue weighted by molar-refractivity contribution is 7.93. The topological polar surface area (TPSA) is 72.9 Å². The van der Waals surface area contributed by atoms with Gasteiger partial charge in [0.25, 0.3) is 15.9 Å². The van der Waals surface area contributed by atoms with Crippen LogP contribution >= 0.6 is 11.6 Å². The van der Waals surface area contributed by atoms with Crippen LogP contribution < -0.4 is 13.8 Å². The second kappa shape index (κ2) is 9.41. The fraction of sp³-hybridized carbons (Fsp3) is 0.174. The van der Waals surface area contributed by atoms with Crippen molar-refractivity contribution >= 4 is 33.2 Å². The van der Waals surface area contributed by atoms with E-state index < -0.39 is 21.3 Å². The Morgan fingerprint density at radius 1 is 0.871 bits per heavy atom. The number of rotatable bonds is 7. The molecular weight excluding hydrogens is 438 g/mol. The Hall–Kier alpha value is -3.03.